The number of ether oxygens (including phenoxy) is 1. The van der Waals surface area contributed by atoms with Gasteiger partial charge in [-0.2, -0.15) is 13.2 Å². The molecule has 0 spiro atoms. The van der Waals surface area contributed by atoms with Crippen LogP contribution in [0.25, 0.3) is 22.4 Å². The third-order valence-corrected chi connectivity index (χ3v) is 6.78. The number of methoxy groups -OCH3 is 1. The molecule has 1 atom stereocenters. The van der Waals surface area contributed by atoms with Gasteiger partial charge >= 0.3 is 6.18 Å². The number of fused-ring (bicyclic) bond motifs is 1. The van der Waals surface area contributed by atoms with Crippen molar-refractivity contribution in [2.45, 2.75) is 32.5 Å². The number of carbonyl (C=O) groups is 1. The van der Waals surface area contributed by atoms with Gasteiger partial charge in [-0.1, -0.05) is 6.92 Å². The van der Waals surface area contributed by atoms with Gasteiger partial charge in [0.1, 0.15) is 17.0 Å². The summed E-state index contributed by atoms with van der Waals surface area (Å²) in [5.41, 5.74) is 6.54. The summed E-state index contributed by atoms with van der Waals surface area (Å²) < 4.78 is 51.2. The summed E-state index contributed by atoms with van der Waals surface area (Å²) in [6, 6.07) is 4.59. The first-order chi connectivity index (χ1) is 19.1. The number of alkyl halides is 3. The molecule has 1 fully saturated rings. The second-order valence-electron chi connectivity index (χ2n) is 9.45. The lowest BCUT2D eigenvalue weighted by Crippen LogP contribution is -2.49. The Morgan fingerprint density at radius 1 is 1.10 bits per heavy atom. The summed E-state index contributed by atoms with van der Waals surface area (Å²) in [5.74, 6) is 0.654. The lowest BCUT2D eigenvalue weighted by atomic mass is 10.1. The number of pyridine rings is 1. The summed E-state index contributed by atoms with van der Waals surface area (Å²) in [7, 11) is 1.35. The van der Waals surface area contributed by atoms with Crippen LogP contribution in [0.1, 0.15) is 47.4 Å². The molecule has 1 aliphatic rings. The number of nitrogens with two attached hydrogens (primary N) is 1. The summed E-state index contributed by atoms with van der Waals surface area (Å²) in [4.78, 5) is 34.3. The van der Waals surface area contributed by atoms with Crippen LogP contribution in [0.3, 0.4) is 0 Å². The Morgan fingerprint density at radius 3 is 2.40 bits per heavy atom. The maximum atomic E-state index is 13.6. The van der Waals surface area contributed by atoms with Gasteiger partial charge in [0.05, 0.1) is 13.2 Å². The second-order valence-corrected chi connectivity index (χ2v) is 9.45. The Morgan fingerprint density at radius 2 is 1.80 bits per heavy atom. The molecule has 0 bridgehead atoms. The number of oxazole rings is 1. The van der Waals surface area contributed by atoms with Crippen LogP contribution in [0.4, 0.5) is 19.1 Å². The fraction of sp³-hybridized carbons (Fsp3) is 0.370. The van der Waals surface area contributed by atoms with Gasteiger partial charge in [-0.3, -0.25) is 4.79 Å². The van der Waals surface area contributed by atoms with Gasteiger partial charge in [-0.25, -0.2) is 19.9 Å². The van der Waals surface area contributed by atoms with E-state index in [-0.39, 0.29) is 34.5 Å². The Balaban J connectivity index is 1.44. The number of amides is 1. The summed E-state index contributed by atoms with van der Waals surface area (Å²) in [6.45, 7) is 5.59. The van der Waals surface area contributed by atoms with Gasteiger partial charge in [-0.15, -0.1) is 0 Å². The predicted molar refractivity (Wildman–Crippen MR) is 141 cm³/mol. The van der Waals surface area contributed by atoms with E-state index in [0.29, 0.717) is 43.1 Å². The SMILES string of the molecule is CCc1cnc(N2CCN(C(=O)c3nc(-c4ccc(OC)c5nc(C(F)(F)F)ccc45)oc3[C@H](C)N)CC2)nc1. The largest absolute Gasteiger partial charge is 0.494 e. The third-order valence-electron chi connectivity index (χ3n) is 6.78. The molecule has 1 aromatic carbocycles. The lowest BCUT2D eigenvalue weighted by molar-refractivity contribution is -0.140. The molecule has 0 radical (unpaired) electrons. The Bertz CT molecular complexity index is 1530. The number of rotatable bonds is 6. The molecule has 10 nitrogen and oxygen atoms in total. The van der Waals surface area contributed by atoms with Crippen LogP contribution >= 0.6 is 0 Å². The molecule has 210 valence electrons. The molecule has 0 saturated carbocycles. The van der Waals surface area contributed by atoms with Crippen molar-refractivity contribution < 1.29 is 27.1 Å². The van der Waals surface area contributed by atoms with Crippen molar-refractivity contribution in [3.8, 4) is 17.2 Å². The van der Waals surface area contributed by atoms with Crippen molar-refractivity contribution in [2.24, 2.45) is 5.73 Å². The molecule has 1 aliphatic heterocycles. The summed E-state index contributed by atoms with van der Waals surface area (Å²) in [5, 5.41) is 0.325. The van der Waals surface area contributed by atoms with Gasteiger partial charge in [0.2, 0.25) is 11.8 Å². The number of aryl methyl sites for hydroxylation is 1. The topological polar surface area (TPSA) is 124 Å². The number of nitrogens with zero attached hydrogens (tertiary/aromatic N) is 6. The molecule has 2 N–H and O–H groups in total. The molecular weight excluding hydrogens is 527 g/mol. The number of hydrogen-bond acceptors (Lipinski definition) is 9. The van der Waals surface area contributed by atoms with Crippen LogP contribution in [-0.2, 0) is 12.6 Å². The molecule has 4 heterocycles. The number of aromatic nitrogens is 4. The van der Waals surface area contributed by atoms with Crippen molar-refractivity contribution >= 4 is 22.8 Å². The van der Waals surface area contributed by atoms with Gasteiger partial charge in [0.25, 0.3) is 5.91 Å². The van der Waals surface area contributed by atoms with E-state index in [4.69, 9.17) is 14.9 Å². The van der Waals surface area contributed by atoms with Crippen molar-refractivity contribution in [3.63, 3.8) is 0 Å². The second kappa shape index (κ2) is 10.7. The van der Waals surface area contributed by atoms with E-state index in [1.165, 1.54) is 19.2 Å². The van der Waals surface area contributed by atoms with E-state index in [1.807, 2.05) is 11.8 Å². The minimum Gasteiger partial charge on any atom is -0.494 e. The zero-order valence-electron chi connectivity index (χ0n) is 22.2. The number of benzene rings is 1. The maximum absolute atomic E-state index is 13.6. The average molecular weight is 556 g/mol. The molecule has 40 heavy (non-hydrogen) atoms. The molecule has 4 aromatic rings. The molecule has 1 saturated heterocycles. The normalized spacial score (nSPS) is 15.0. The first-order valence-corrected chi connectivity index (χ1v) is 12.8. The Kier molecular flexibility index (Phi) is 7.32. The summed E-state index contributed by atoms with van der Waals surface area (Å²) in [6.07, 6.45) is -0.182. The van der Waals surface area contributed by atoms with E-state index in [9.17, 15) is 18.0 Å². The van der Waals surface area contributed by atoms with E-state index >= 15 is 0 Å². The highest BCUT2D eigenvalue weighted by molar-refractivity contribution is 5.98. The molecule has 5 rings (SSSR count). The van der Waals surface area contributed by atoms with Crippen LogP contribution in [0, 0.1) is 0 Å². The zero-order chi connectivity index (χ0) is 28.6. The molecule has 0 aliphatic carbocycles. The average Bonchev–Trinajstić information content (AvgIpc) is 3.41. The first-order valence-electron chi connectivity index (χ1n) is 12.8. The molecule has 1 amide bonds. The first kappa shape index (κ1) is 27.3. The van der Waals surface area contributed by atoms with Gasteiger partial charge in [0.15, 0.2) is 11.5 Å². The van der Waals surface area contributed by atoms with Crippen LogP contribution in [0.5, 0.6) is 5.75 Å². The fourth-order valence-corrected chi connectivity index (χ4v) is 4.56. The smallest absolute Gasteiger partial charge is 0.433 e. The minimum atomic E-state index is -4.63. The highest BCUT2D eigenvalue weighted by Crippen LogP contribution is 2.37. The lowest BCUT2D eigenvalue weighted by Gasteiger charge is -2.34. The van der Waals surface area contributed by atoms with Crippen LogP contribution in [0.15, 0.2) is 41.1 Å². The number of piperazine rings is 1. The monoisotopic (exact) mass is 555 g/mol. The number of hydrogen-bond donors (Lipinski definition) is 1. The van der Waals surface area contributed by atoms with Crippen LogP contribution < -0.4 is 15.4 Å². The van der Waals surface area contributed by atoms with Crippen molar-refractivity contribution in [1.82, 2.24) is 24.8 Å². The Labute approximate surface area is 228 Å². The maximum Gasteiger partial charge on any atom is 0.433 e. The third kappa shape index (κ3) is 5.16. The van der Waals surface area contributed by atoms with E-state index in [0.717, 1.165) is 18.1 Å². The highest BCUT2D eigenvalue weighted by Gasteiger charge is 2.34. The number of halogens is 3. The Hall–Kier alpha value is -4.26. The van der Waals surface area contributed by atoms with E-state index < -0.39 is 17.9 Å². The van der Waals surface area contributed by atoms with Crippen LogP contribution in [0.2, 0.25) is 0 Å². The van der Waals surface area contributed by atoms with Crippen LogP contribution in [-0.4, -0.2) is 64.0 Å². The molecule has 3 aromatic heterocycles. The fourth-order valence-electron chi connectivity index (χ4n) is 4.56. The minimum absolute atomic E-state index is 0.00596. The van der Waals surface area contributed by atoms with E-state index in [2.05, 4.69) is 19.9 Å². The highest BCUT2D eigenvalue weighted by atomic mass is 19.4. The van der Waals surface area contributed by atoms with E-state index in [1.54, 1.807) is 30.3 Å². The number of carbonyl (C=O) groups excluding carboxylic acids is 1. The van der Waals surface area contributed by atoms with Crippen molar-refractivity contribution in [1.29, 1.82) is 0 Å². The molecule has 0 unspecified atom stereocenters. The van der Waals surface area contributed by atoms with Crippen molar-refractivity contribution in [3.05, 3.63) is 59.4 Å². The predicted octanol–water partition coefficient (Wildman–Crippen LogP) is 4.25. The van der Waals surface area contributed by atoms with Gasteiger partial charge in [-0.05, 0) is 43.2 Å². The quantitative estimate of drug-likeness (QED) is 0.372. The molecule has 13 heteroatoms. The number of anilines is 1. The zero-order valence-corrected chi connectivity index (χ0v) is 22.2. The van der Waals surface area contributed by atoms with Crippen molar-refractivity contribution in [2.75, 3.05) is 38.2 Å². The van der Waals surface area contributed by atoms with Gasteiger partial charge in [0, 0.05) is 49.5 Å². The molecular formula is C27H28F3N7O3. The summed E-state index contributed by atoms with van der Waals surface area (Å²) >= 11 is 0. The standard InChI is InChI=1S/C27H28F3N7O3/c1-4-16-13-32-26(33-14-16)37-11-9-36(10-12-37)25(38)22-23(15(2)31)40-24(35-22)18-5-7-19(39-3)21-17(18)6-8-20(34-21)27(28,29)30/h5-8,13-15H,4,9-12,31H2,1-3H3/t15-/m0/s1. The van der Waals surface area contributed by atoms with Gasteiger partial charge < -0.3 is 24.7 Å².